The van der Waals surface area contributed by atoms with Crippen molar-refractivity contribution >= 4 is 18.4 Å². The number of rotatable bonds is 2. The zero-order chi connectivity index (χ0) is 11.5. The molecule has 82 valence electrons. The fourth-order valence-corrected chi connectivity index (χ4v) is 1.51. The molecule has 0 atom stereocenters. The quantitative estimate of drug-likeness (QED) is 0.638. The topological polar surface area (TPSA) is 46.0 Å². The average molecular weight is 232 g/mol. The van der Waals surface area contributed by atoms with Crippen molar-refractivity contribution in [3.05, 3.63) is 46.0 Å². The fourth-order valence-electron chi connectivity index (χ4n) is 1.28. The Kier molecular flexibility index (Phi) is 2.96. The van der Waals surface area contributed by atoms with Crippen molar-refractivity contribution in [1.82, 2.24) is 14.9 Å². The van der Waals surface area contributed by atoms with Crippen LogP contribution in [-0.4, -0.2) is 21.1 Å². The Morgan fingerprint density at radius 1 is 1.31 bits per heavy atom. The van der Waals surface area contributed by atoms with E-state index in [-0.39, 0.29) is 0 Å². The summed E-state index contributed by atoms with van der Waals surface area (Å²) < 4.78 is 2.09. The Balaban J connectivity index is 2.28. The Morgan fingerprint density at radius 3 is 2.56 bits per heavy atom. The van der Waals surface area contributed by atoms with Gasteiger partial charge in [-0.2, -0.15) is 14.9 Å². The van der Waals surface area contributed by atoms with E-state index in [1.807, 2.05) is 31.2 Å². The highest BCUT2D eigenvalue weighted by Gasteiger charge is 1.96. The number of aryl methyl sites for hydroxylation is 2. The molecule has 1 heterocycles. The predicted octanol–water partition coefficient (Wildman–Crippen LogP) is 2.44. The highest BCUT2D eigenvalue weighted by Crippen LogP contribution is 2.01. The Labute approximate surface area is 98.6 Å². The molecule has 0 aliphatic rings. The van der Waals surface area contributed by atoms with Crippen LogP contribution in [0.3, 0.4) is 0 Å². The van der Waals surface area contributed by atoms with Crippen LogP contribution in [0, 0.1) is 18.6 Å². The van der Waals surface area contributed by atoms with Gasteiger partial charge < -0.3 is 0 Å². The van der Waals surface area contributed by atoms with Gasteiger partial charge in [-0.1, -0.05) is 29.8 Å². The van der Waals surface area contributed by atoms with Crippen molar-refractivity contribution in [1.29, 1.82) is 0 Å². The zero-order valence-electron chi connectivity index (χ0n) is 9.14. The second kappa shape index (κ2) is 4.40. The van der Waals surface area contributed by atoms with Gasteiger partial charge in [0.25, 0.3) is 0 Å². The third kappa shape index (κ3) is 2.25. The maximum atomic E-state index is 5.04. The molecule has 16 heavy (non-hydrogen) atoms. The first-order valence-corrected chi connectivity index (χ1v) is 5.33. The molecule has 0 amide bonds. The Hall–Kier alpha value is -1.75. The largest absolute Gasteiger partial charge is 0.250 e. The van der Waals surface area contributed by atoms with Crippen LogP contribution in [0.1, 0.15) is 17.0 Å². The van der Waals surface area contributed by atoms with Gasteiger partial charge in [0.2, 0.25) is 4.77 Å². The first kappa shape index (κ1) is 10.8. The van der Waals surface area contributed by atoms with Gasteiger partial charge in [0.05, 0.1) is 6.21 Å². The van der Waals surface area contributed by atoms with Crippen LogP contribution in [0.4, 0.5) is 0 Å². The SMILES string of the molecule is Cc1ccc(/C=N/n2c(C)n[nH]c2=S)cc1. The van der Waals surface area contributed by atoms with Crippen LogP contribution in [0.15, 0.2) is 29.4 Å². The van der Waals surface area contributed by atoms with Crippen molar-refractivity contribution in [2.24, 2.45) is 5.10 Å². The summed E-state index contributed by atoms with van der Waals surface area (Å²) in [5.41, 5.74) is 2.27. The lowest BCUT2D eigenvalue weighted by Gasteiger charge is -1.95. The van der Waals surface area contributed by atoms with Crippen LogP contribution in [0.25, 0.3) is 0 Å². The van der Waals surface area contributed by atoms with Gasteiger partial charge in [0, 0.05) is 0 Å². The summed E-state index contributed by atoms with van der Waals surface area (Å²) in [5.74, 6) is 0.744. The molecule has 0 bridgehead atoms. The van der Waals surface area contributed by atoms with E-state index in [9.17, 15) is 0 Å². The average Bonchev–Trinajstić information content (AvgIpc) is 2.59. The lowest BCUT2D eigenvalue weighted by molar-refractivity contribution is 0.821. The molecule has 0 saturated heterocycles. The summed E-state index contributed by atoms with van der Waals surface area (Å²) in [6, 6.07) is 8.11. The summed E-state index contributed by atoms with van der Waals surface area (Å²) in [7, 11) is 0. The molecule has 0 aliphatic carbocycles. The third-order valence-electron chi connectivity index (χ3n) is 2.21. The van der Waals surface area contributed by atoms with E-state index in [2.05, 4.69) is 22.2 Å². The van der Waals surface area contributed by atoms with E-state index in [0.717, 1.165) is 11.4 Å². The third-order valence-corrected chi connectivity index (χ3v) is 2.48. The van der Waals surface area contributed by atoms with Gasteiger partial charge in [-0.25, -0.2) is 0 Å². The van der Waals surface area contributed by atoms with Crippen molar-refractivity contribution in [3.63, 3.8) is 0 Å². The number of nitrogens with one attached hydrogen (secondary N) is 1. The van der Waals surface area contributed by atoms with E-state index in [0.29, 0.717) is 4.77 Å². The van der Waals surface area contributed by atoms with Crippen LogP contribution < -0.4 is 0 Å². The lowest BCUT2D eigenvalue weighted by Crippen LogP contribution is -1.93. The summed E-state index contributed by atoms with van der Waals surface area (Å²) in [5, 5.41) is 10.9. The molecule has 0 fully saturated rings. The molecular weight excluding hydrogens is 220 g/mol. The van der Waals surface area contributed by atoms with E-state index in [1.165, 1.54) is 5.56 Å². The van der Waals surface area contributed by atoms with Crippen LogP contribution in [0.5, 0.6) is 0 Å². The number of aromatic nitrogens is 3. The molecule has 0 saturated carbocycles. The van der Waals surface area contributed by atoms with Crippen molar-refractivity contribution in [3.8, 4) is 0 Å². The van der Waals surface area contributed by atoms with Gasteiger partial charge >= 0.3 is 0 Å². The van der Waals surface area contributed by atoms with Crippen molar-refractivity contribution < 1.29 is 0 Å². The molecule has 0 unspecified atom stereocenters. The second-order valence-corrected chi connectivity index (χ2v) is 3.93. The molecule has 4 nitrogen and oxygen atoms in total. The number of aromatic amines is 1. The second-order valence-electron chi connectivity index (χ2n) is 3.54. The first-order chi connectivity index (χ1) is 7.66. The van der Waals surface area contributed by atoms with Gasteiger partial charge in [0.1, 0.15) is 5.82 Å². The van der Waals surface area contributed by atoms with E-state index in [1.54, 1.807) is 10.9 Å². The summed E-state index contributed by atoms with van der Waals surface area (Å²) in [4.78, 5) is 0. The van der Waals surface area contributed by atoms with E-state index >= 15 is 0 Å². The van der Waals surface area contributed by atoms with E-state index < -0.39 is 0 Å². The first-order valence-electron chi connectivity index (χ1n) is 4.92. The molecule has 2 rings (SSSR count). The molecule has 5 heteroatoms. The van der Waals surface area contributed by atoms with Gasteiger partial charge in [-0.05, 0) is 31.6 Å². The Bertz CT molecular complexity index is 562. The molecule has 0 aliphatic heterocycles. The minimum absolute atomic E-state index is 0.501. The minimum atomic E-state index is 0.501. The lowest BCUT2D eigenvalue weighted by atomic mass is 10.2. The maximum absolute atomic E-state index is 5.04. The summed E-state index contributed by atoms with van der Waals surface area (Å²) >= 11 is 5.04. The number of benzene rings is 1. The Morgan fingerprint density at radius 2 is 2.00 bits per heavy atom. The molecule has 2 aromatic rings. The number of hydrogen-bond donors (Lipinski definition) is 1. The minimum Gasteiger partial charge on any atom is -0.250 e. The summed E-state index contributed by atoms with van der Waals surface area (Å²) in [6.07, 6.45) is 1.76. The highest BCUT2D eigenvalue weighted by atomic mass is 32.1. The highest BCUT2D eigenvalue weighted by molar-refractivity contribution is 7.71. The number of hydrogen-bond acceptors (Lipinski definition) is 3. The van der Waals surface area contributed by atoms with Crippen LogP contribution >= 0.6 is 12.2 Å². The molecular formula is C11H12N4S. The van der Waals surface area contributed by atoms with Crippen LogP contribution in [-0.2, 0) is 0 Å². The van der Waals surface area contributed by atoms with Crippen LogP contribution in [0.2, 0.25) is 0 Å². The van der Waals surface area contributed by atoms with E-state index in [4.69, 9.17) is 12.2 Å². The number of nitrogens with zero attached hydrogens (tertiary/aromatic N) is 3. The maximum Gasteiger partial charge on any atom is 0.216 e. The summed E-state index contributed by atoms with van der Waals surface area (Å²) in [6.45, 7) is 3.90. The molecule has 1 aromatic heterocycles. The molecule has 0 spiro atoms. The van der Waals surface area contributed by atoms with Crippen molar-refractivity contribution in [2.45, 2.75) is 13.8 Å². The molecule has 1 aromatic carbocycles. The van der Waals surface area contributed by atoms with Gasteiger partial charge in [0.15, 0.2) is 0 Å². The van der Waals surface area contributed by atoms with Crippen molar-refractivity contribution in [2.75, 3.05) is 0 Å². The smallest absolute Gasteiger partial charge is 0.216 e. The molecule has 1 N–H and O–H groups in total. The predicted molar refractivity (Wildman–Crippen MR) is 66.3 cm³/mol. The number of H-pyrrole nitrogens is 1. The monoisotopic (exact) mass is 232 g/mol. The zero-order valence-corrected chi connectivity index (χ0v) is 9.95. The fraction of sp³-hybridized carbons (Fsp3) is 0.182. The van der Waals surface area contributed by atoms with Gasteiger partial charge in [-0.3, -0.25) is 5.10 Å². The van der Waals surface area contributed by atoms with Gasteiger partial charge in [-0.15, -0.1) is 0 Å². The molecule has 0 radical (unpaired) electrons. The standard InChI is InChI=1S/C11H12N4S/c1-8-3-5-10(6-4-8)7-12-15-9(2)13-14-11(15)16/h3-7H,1-2H3,(H,14,16)/b12-7+. The normalized spacial score (nSPS) is 11.1.